The summed E-state index contributed by atoms with van der Waals surface area (Å²) >= 11 is 0. The Bertz CT molecular complexity index is 613. The Hall–Kier alpha value is -2.26. The summed E-state index contributed by atoms with van der Waals surface area (Å²) in [6.45, 7) is 0. The Balaban J connectivity index is 2.23. The maximum absolute atomic E-state index is 13.0. The Kier molecular flexibility index (Phi) is 5.23. The molecule has 0 heterocycles. The van der Waals surface area contributed by atoms with Crippen LogP contribution in [0, 0.1) is 0 Å². The molecular formula is C16H18NO4P. The molecule has 0 N–H and O–H groups in total. The lowest BCUT2D eigenvalue weighted by Crippen LogP contribution is -2.26. The number of hydrogen-bond acceptors (Lipinski definition) is 4. The maximum Gasteiger partial charge on any atom is 0.440 e. The van der Waals surface area contributed by atoms with Crippen LogP contribution in [-0.4, -0.2) is 31.1 Å². The smallest absolute Gasteiger partial charge is 0.416 e. The van der Waals surface area contributed by atoms with Crippen LogP contribution < -0.4 is 9.05 Å². The molecule has 0 aliphatic heterocycles. The van der Waals surface area contributed by atoms with Gasteiger partial charge in [-0.05, 0) is 24.3 Å². The molecule has 1 amide bonds. The molecule has 0 atom stereocenters. The van der Waals surface area contributed by atoms with E-state index < -0.39 is 7.60 Å². The van der Waals surface area contributed by atoms with Gasteiger partial charge in [0, 0.05) is 14.1 Å². The minimum absolute atomic E-state index is 0.324. The molecule has 116 valence electrons. The fourth-order valence-electron chi connectivity index (χ4n) is 1.67. The summed E-state index contributed by atoms with van der Waals surface area (Å²) < 4.78 is 24.0. The number of para-hydroxylation sites is 2. The van der Waals surface area contributed by atoms with Gasteiger partial charge in [0.2, 0.25) is 5.91 Å². The van der Waals surface area contributed by atoms with Crippen molar-refractivity contribution in [3.8, 4) is 11.5 Å². The fraction of sp³-hybridized carbons (Fsp3) is 0.188. The first kappa shape index (κ1) is 16.1. The zero-order chi connectivity index (χ0) is 16.0. The second-order valence-corrected chi connectivity index (χ2v) is 6.77. The van der Waals surface area contributed by atoms with Crippen LogP contribution >= 0.6 is 7.60 Å². The summed E-state index contributed by atoms with van der Waals surface area (Å²) in [5.74, 6) is 0.469. The van der Waals surface area contributed by atoms with E-state index in [-0.39, 0.29) is 12.1 Å². The highest BCUT2D eigenvalue weighted by molar-refractivity contribution is 7.55. The number of rotatable bonds is 6. The molecule has 5 nitrogen and oxygen atoms in total. The van der Waals surface area contributed by atoms with Gasteiger partial charge in [-0.1, -0.05) is 36.4 Å². The van der Waals surface area contributed by atoms with E-state index in [1.54, 1.807) is 62.6 Å². The minimum atomic E-state index is -3.66. The largest absolute Gasteiger partial charge is 0.440 e. The first-order valence-electron chi connectivity index (χ1n) is 6.77. The lowest BCUT2D eigenvalue weighted by Gasteiger charge is -2.21. The van der Waals surface area contributed by atoms with E-state index >= 15 is 0 Å². The van der Waals surface area contributed by atoms with Crippen molar-refractivity contribution in [2.24, 2.45) is 0 Å². The van der Waals surface area contributed by atoms with Crippen LogP contribution in [0.4, 0.5) is 0 Å². The number of amides is 1. The van der Waals surface area contributed by atoms with Gasteiger partial charge in [-0.15, -0.1) is 0 Å². The fourth-order valence-corrected chi connectivity index (χ4v) is 3.34. The zero-order valence-electron chi connectivity index (χ0n) is 12.5. The average molecular weight is 319 g/mol. The van der Waals surface area contributed by atoms with Gasteiger partial charge in [-0.2, -0.15) is 0 Å². The molecule has 2 aromatic rings. The third-order valence-corrected chi connectivity index (χ3v) is 4.44. The third-order valence-electron chi connectivity index (χ3n) is 2.80. The number of carbonyl (C=O) groups is 1. The van der Waals surface area contributed by atoms with E-state index in [2.05, 4.69) is 0 Å². The van der Waals surface area contributed by atoms with Gasteiger partial charge < -0.3 is 13.9 Å². The van der Waals surface area contributed by atoms with Crippen LogP contribution in [0.25, 0.3) is 0 Å². The summed E-state index contributed by atoms with van der Waals surface area (Å²) in [5.41, 5.74) is 0. The quantitative estimate of drug-likeness (QED) is 0.766. The normalized spacial score (nSPS) is 10.8. The molecule has 2 rings (SSSR count). The molecule has 0 aliphatic carbocycles. The van der Waals surface area contributed by atoms with Gasteiger partial charge in [0.1, 0.15) is 11.5 Å². The van der Waals surface area contributed by atoms with Gasteiger partial charge in [0.25, 0.3) is 0 Å². The summed E-state index contributed by atoms with van der Waals surface area (Å²) in [6.07, 6.45) is -0.330. The van der Waals surface area contributed by atoms with Gasteiger partial charge in [-0.3, -0.25) is 4.79 Å². The van der Waals surface area contributed by atoms with Gasteiger partial charge >= 0.3 is 7.60 Å². The zero-order valence-corrected chi connectivity index (χ0v) is 13.4. The van der Waals surface area contributed by atoms with Crippen molar-refractivity contribution in [3.63, 3.8) is 0 Å². The summed E-state index contributed by atoms with van der Waals surface area (Å²) in [6, 6.07) is 17.4. The van der Waals surface area contributed by atoms with Crippen LogP contribution in [0.2, 0.25) is 0 Å². The van der Waals surface area contributed by atoms with Crippen LogP contribution in [0.15, 0.2) is 60.7 Å². The van der Waals surface area contributed by atoms with Crippen molar-refractivity contribution in [2.75, 3.05) is 20.3 Å². The van der Waals surface area contributed by atoms with Crippen LogP contribution in [0.3, 0.4) is 0 Å². The van der Waals surface area contributed by atoms with E-state index in [9.17, 15) is 9.36 Å². The lowest BCUT2D eigenvalue weighted by molar-refractivity contribution is -0.126. The molecule has 0 aliphatic rings. The third kappa shape index (κ3) is 4.64. The molecule has 0 aromatic heterocycles. The second-order valence-electron chi connectivity index (χ2n) is 4.87. The first-order chi connectivity index (χ1) is 10.5. The minimum Gasteiger partial charge on any atom is -0.416 e. The second kappa shape index (κ2) is 7.14. The number of benzene rings is 2. The lowest BCUT2D eigenvalue weighted by atomic mass is 10.3. The molecule has 0 unspecified atom stereocenters. The van der Waals surface area contributed by atoms with E-state index in [4.69, 9.17) is 9.05 Å². The van der Waals surface area contributed by atoms with E-state index in [1.807, 2.05) is 12.1 Å². The van der Waals surface area contributed by atoms with Crippen molar-refractivity contribution in [1.82, 2.24) is 4.90 Å². The Morgan fingerprint density at radius 1 is 0.909 bits per heavy atom. The van der Waals surface area contributed by atoms with Gasteiger partial charge in [0.05, 0.1) is 0 Å². The average Bonchev–Trinajstić information content (AvgIpc) is 2.48. The molecule has 0 saturated carbocycles. The summed E-state index contributed by atoms with van der Waals surface area (Å²) in [5, 5.41) is 0. The first-order valence-corrected chi connectivity index (χ1v) is 8.50. The predicted molar refractivity (Wildman–Crippen MR) is 85.3 cm³/mol. The SMILES string of the molecule is CN(C)C(=O)CP(=O)(Oc1ccccc1)Oc1ccccc1. The van der Waals surface area contributed by atoms with E-state index in [0.29, 0.717) is 11.5 Å². The van der Waals surface area contributed by atoms with Crippen molar-refractivity contribution < 1.29 is 18.4 Å². The van der Waals surface area contributed by atoms with Crippen molar-refractivity contribution >= 4 is 13.5 Å². The maximum atomic E-state index is 13.0. The van der Waals surface area contributed by atoms with Crippen molar-refractivity contribution in [1.29, 1.82) is 0 Å². The molecule has 6 heteroatoms. The molecule has 0 radical (unpaired) electrons. The topological polar surface area (TPSA) is 55.8 Å². The molecule has 0 bridgehead atoms. The van der Waals surface area contributed by atoms with Crippen LogP contribution in [0.1, 0.15) is 0 Å². The standard InChI is InChI=1S/C16H18NO4P/c1-17(2)16(18)13-22(19,20-14-9-5-3-6-10-14)21-15-11-7-4-8-12-15/h3-12H,13H2,1-2H3. The number of hydrogen-bond donors (Lipinski definition) is 0. The molecule has 2 aromatic carbocycles. The van der Waals surface area contributed by atoms with Crippen molar-refractivity contribution in [2.45, 2.75) is 0 Å². The molecular weight excluding hydrogens is 301 g/mol. The number of nitrogens with zero attached hydrogens (tertiary/aromatic N) is 1. The van der Waals surface area contributed by atoms with E-state index in [1.165, 1.54) is 4.90 Å². The number of carbonyl (C=O) groups excluding carboxylic acids is 1. The van der Waals surface area contributed by atoms with E-state index in [0.717, 1.165) is 0 Å². The predicted octanol–water partition coefficient (Wildman–Crippen LogP) is 3.43. The monoisotopic (exact) mass is 319 g/mol. The van der Waals surface area contributed by atoms with Gasteiger partial charge in [0.15, 0.2) is 6.16 Å². The molecule has 0 saturated heterocycles. The Labute approximate surface area is 130 Å². The highest BCUT2D eigenvalue weighted by Crippen LogP contribution is 2.48. The molecule has 22 heavy (non-hydrogen) atoms. The Morgan fingerprint density at radius 3 is 1.68 bits per heavy atom. The van der Waals surface area contributed by atoms with Gasteiger partial charge in [-0.25, -0.2) is 4.57 Å². The molecule has 0 spiro atoms. The highest BCUT2D eigenvalue weighted by Gasteiger charge is 2.32. The summed E-state index contributed by atoms with van der Waals surface area (Å²) in [4.78, 5) is 13.3. The van der Waals surface area contributed by atoms with Crippen LogP contribution in [0.5, 0.6) is 11.5 Å². The summed E-state index contributed by atoms with van der Waals surface area (Å²) in [7, 11) is -0.474. The Morgan fingerprint density at radius 2 is 1.32 bits per heavy atom. The van der Waals surface area contributed by atoms with Crippen molar-refractivity contribution in [3.05, 3.63) is 60.7 Å². The highest BCUT2D eigenvalue weighted by atomic mass is 31.2. The molecule has 0 fully saturated rings. The van der Waals surface area contributed by atoms with Crippen LogP contribution in [-0.2, 0) is 9.36 Å².